The van der Waals surface area contributed by atoms with Crippen LogP contribution in [0.1, 0.15) is 83.5 Å². The molecule has 2 heterocycles. The largest absolute Gasteiger partial charge is 0.391 e. The van der Waals surface area contributed by atoms with Gasteiger partial charge in [-0.15, -0.1) is 11.3 Å². The molecule has 0 saturated carbocycles. The predicted octanol–water partition coefficient (Wildman–Crippen LogP) is 3.94. The number of thiazole rings is 1. The average Bonchev–Trinajstić information content (AvgIpc) is 3.51. The number of aliphatic hydroxyl groups is 1. The van der Waals surface area contributed by atoms with E-state index < -0.39 is 23.6 Å². The first-order chi connectivity index (χ1) is 18.9. The van der Waals surface area contributed by atoms with E-state index in [4.69, 9.17) is 0 Å². The summed E-state index contributed by atoms with van der Waals surface area (Å²) in [5.74, 6) is -0.963. The Morgan fingerprint density at radius 2 is 1.85 bits per heavy atom. The highest BCUT2D eigenvalue weighted by atomic mass is 32.1. The lowest BCUT2D eigenvalue weighted by atomic mass is 9.85. The van der Waals surface area contributed by atoms with Gasteiger partial charge in [0.05, 0.1) is 28.2 Å². The van der Waals surface area contributed by atoms with Gasteiger partial charge in [-0.2, -0.15) is 0 Å². The van der Waals surface area contributed by atoms with E-state index in [-0.39, 0.29) is 43.1 Å². The van der Waals surface area contributed by atoms with Crippen LogP contribution in [-0.2, 0) is 19.2 Å². The van der Waals surface area contributed by atoms with Gasteiger partial charge in [-0.05, 0) is 43.2 Å². The Kier molecular flexibility index (Phi) is 11.0. The summed E-state index contributed by atoms with van der Waals surface area (Å²) in [5, 5.41) is 16.3. The Labute approximate surface area is 240 Å². The molecule has 3 amide bonds. The van der Waals surface area contributed by atoms with Crippen molar-refractivity contribution in [3.8, 4) is 10.4 Å². The molecule has 0 aliphatic carbocycles. The number of amides is 3. The fourth-order valence-electron chi connectivity index (χ4n) is 4.94. The van der Waals surface area contributed by atoms with E-state index in [0.29, 0.717) is 12.8 Å². The summed E-state index contributed by atoms with van der Waals surface area (Å²) in [6.07, 6.45) is 3.02. The van der Waals surface area contributed by atoms with E-state index in [1.165, 1.54) is 4.90 Å². The van der Waals surface area contributed by atoms with Crippen LogP contribution in [0.2, 0.25) is 0 Å². The molecule has 4 atom stereocenters. The molecule has 1 aromatic heterocycles. The summed E-state index contributed by atoms with van der Waals surface area (Å²) >= 11 is 1.58. The Bertz CT molecular complexity index is 1170. The molecule has 0 bridgehead atoms. The summed E-state index contributed by atoms with van der Waals surface area (Å²) in [6.45, 7) is 9.47. The van der Waals surface area contributed by atoms with E-state index >= 15 is 0 Å². The second-order valence-corrected chi connectivity index (χ2v) is 12.5. The number of carbonyl (C=O) groups excluding carboxylic acids is 4. The molecule has 0 radical (unpaired) electrons. The molecule has 2 unspecified atom stereocenters. The van der Waals surface area contributed by atoms with E-state index in [0.717, 1.165) is 40.8 Å². The molecule has 2 aromatic rings. The van der Waals surface area contributed by atoms with E-state index in [9.17, 15) is 24.3 Å². The number of hydrogen-bond donors (Lipinski definition) is 3. The van der Waals surface area contributed by atoms with Crippen molar-refractivity contribution in [1.29, 1.82) is 0 Å². The monoisotopic (exact) mass is 570 g/mol. The van der Waals surface area contributed by atoms with Gasteiger partial charge in [-0.25, -0.2) is 4.98 Å². The van der Waals surface area contributed by atoms with Gasteiger partial charge < -0.3 is 25.4 Å². The number of rotatable bonds is 12. The van der Waals surface area contributed by atoms with Crippen LogP contribution in [0.5, 0.6) is 0 Å². The van der Waals surface area contributed by atoms with Gasteiger partial charge in [0.25, 0.3) is 0 Å². The van der Waals surface area contributed by atoms with Crippen molar-refractivity contribution in [3.05, 3.63) is 41.0 Å². The number of unbranched alkanes of at least 4 members (excludes halogenated alkanes) is 3. The number of carbonyl (C=O) groups is 4. The van der Waals surface area contributed by atoms with Crippen molar-refractivity contribution in [3.63, 3.8) is 0 Å². The molecule has 10 heteroatoms. The van der Waals surface area contributed by atoms with Gasteiger partial charge in [0, 0.05) is 25.8 Å². The standard InChI is InChI=1S/C30H42N4O5S/c1-19(21-11-13-22(14-12-21)26-20(2)31-18-40-26)32-28(38)24-16-23(36)17-34(24)29(39)27(30(3,4)5)33-25(37)10-8-6-7-9-15-35/h11-15,18-19,23-24,27,36H,6-10,16-17H2,1-5H3,(H,32,38)(H,33,37)/t19?,23-,24+,27?/m1/s1. The minimum atomic E-state index is -0.851. The zero-order chi connectivity index (χ0) is 29.4. The summed E-state index contributed by atoms with van der Waals surface area (Å²) in [4.78, 5) is 57.1. The molecule has 1 aromatic carbocycles. The molecule has 9 nitrogen and oxygen atoms in total. The lowest BCUT2D eigenvalue weighted by Crippen LogP contribution is -2.57. The first kappa shape index (κ1) is 31.4. The quantitative estimate of drug-likeness (QED) is 0.262. The van der Waals surface area contributed by atoms with Crippen LogP contribution in [0.3, 0.4) is 0 Å². The summed E-state index contributed by atoms with van der Waals surface area (Å²) < 4.78 is 0. The number of hydrogen-bond acceptors (Lipinski definition) is 7. The lowest BCUT2D eigenvalue weighted by molar-refractivity contribution is -0.144. The molecule has 1 saturated heterocycles. The number of nitrogens with zero attached hydrogens (tertiary/aromatic N) is 2. The topological polar surface area (TPSA) is 129 Å². The number of benzene rings is 1. The molecular formula is C30H42N4O5S. The fourth-order valence-corrected chi connectivity index (χ4v) is 5.75. The zero-order valence-electron chi connectivity index (χ0n) is 24.1. The summed E-state index contributed by atoms with van der Waals surface area (Å²) in [5.41, 5.74) is 4.17. The van der Waals surface area contributed by atoms with E-state index in [1.54, 1.807) is 11.3 Å². The fraction of sp³-hybridized carbons (Fsp3) is 0.567. The molecule has 1 aliphatic rings. The maximum atomic E-state index is 13.7. The first-order valence-electron chi connectivity index (χ1n) is 13.9. The van der Waals surface area contributed by atoms with Gasteiger partial charge in [-0.1, -0.05) is 51.5 Å². The molecule has 1 aliphatic heterocycles. The second-order valence-electron chi connectivity index (χ2n) is 11.6. The smallest absolute Gasteiger partial charge is 0.246 e. The normalized spacial score (nSPS) is 18.7. The van der Waals surface area contributed by atoms with Gasteiger partial charge in [0.2, 0.25) is 17.7 Å². The van der Waals surface area contributed by atoms with Gasteiger partial charge >= 0.3 is 0 Å². The molecule has 218 valence electrons. The zero-order valence-corrected chi connectivity index (χ0v) is 24.9. The maximum Gasteiger partial charge on any atom is 0.246 e. The molecule has 1 fully saturated rings. The van der Waals surface area contributed by atoms with Crippen LogP contribution >= 0.6 is 11.3 Å². The third-order valence-corrected chi connectivity index (χ3v) is 8.26. The number of β-amino-alcohol motifs (C(OH)–C–C–N with tert-alkyl or cyclic N) is 1. The van der Waals surface area contributed by atoms with Crippen LogP contribution in [0.4, 0.5) is 0 Å². The Morgan fingerprint density at radius 3 is 2.45 bits per heavy atom. The SMILES string of the molecule is Cc1ncsc1-c1ccc(C(C)NC(=O)[C@@H]2C[C@@H](O)CN2C(=O)C(NC(=O)CCCCCC=O)C(C)(C)C)cc1. The Morgan fingerprint density at radius 1 is 1.15 bits per heavy atom. The highest BCUT2D eigenvalue weighted by molar-refractivity contribution is 7.13. The molecule has 3 rings (SSSR count). The first-order valence-corrected chi connectivity index (χ1v) is 14.8. The second kappa shape index (κ2) is 14.0. The number of nitrogens with one attached hydrogen (secondary N) is 2. The summed E-state index contributed by atoms with van der Waals surface area (Å²) in [7, 11) is 0. The van der Waals surface area contributed by atoms with Crippen LogP contribution in [0, 0.1) is 12.3 Å². The van der Waals surface area contributed by atoms with Crippen LogP contribution in [0.15, 0.2) is 29.8 Å². The third-order valence-electron chi connectivity index (χ3n) is 7.29. The molecular weight excluding hydrogens is 528 g/mol. The summed E-state index contributed by atoms with van der Waals surface area (Å²) in [6, 6.07) is 5.95. The van der Waals surface area contributed by atoms with E-state index in [2.05, 4.69) is 15.6 Å². The number of aryl methyl sites for hydroxylation is 1. The van der Waals surface area contributed by atoms with Crippen molar-refractivity contribution in [2.45, 2.75) is 97.4 Å². The van der Waals surface area contributed by atoms with Crippen LogP contribution in [0.25, 0.3) is 10.4 Å². The van der Waals surface area contributed by atoms with Gasteiger partial charge in [-0.3, -0.25) is 14.4 Å². The van der Waals surface area contributed by atoms with Crippen molar-refractivity contribution in [2.24, 2.45) is 5.41 Å². The van der Waals surface area contributed by atoms with Gasteiger partial charge in [0.15, 0.2) is 0 Å². The number of aldehydes is 1. The molecule has 40 heavy (non-hydrogen) atoms. The Hall–Kier alpha value is -3.11. The van der Waals surface area contributed by atoms with Crippen molar-refractivity contribution in [1.82, 2.24) is 20.5 Å². The van der Waals surface area contributed by atoms with E-state index in [1.807, 2.05) is 64.4 Å². The van der Waals surface area contributed by atoms with Crippen LogP contribution < -0.4 is 10.6 Å². The van der Waals surface area contributed by atoms with Gasteiger partial charge in [0.1, 0.15) is 18.4 Å². The minimum Gasteiger partial charge on any atom is -0.391 e. The lowest BCUT2D eigenvalue weighted by Gasteiger charge is -2.35. The average molecular weight is 571 g/mol. The highest BCUT2D eigenvalue weighted by Gasteiger charge is 2.44. The number of aromatic nitrogens is 1. The van der Waals surface area contributed by atoms with Crippen LogP contribution in [-0.4, -0.2) is 63.7 Å². The molecule has 3 N–H and O–H groups in total. The third kappa shape index (κ3) is 8.20. The number of aliphatic hydroxyl groups excluding tert-OH is 1. The van der Waals surface area contributed by atoms with Crippen molar-refractivity contribution in [2.75, 3.05) is 6.54 Å². The number of likely N-dealkylation sites (tertiary alicyclic amines) is 1. The van der Waals surface area contributed by atoms with Crippen molar-refractivity contribution >= 4 is 35.3 Å². The minimum absolute atomic E-state index is 0.0301. The molecule has 0 spiro atoms. The maximum absolute atomic E-state index is 13.7. The Balaban J connectivity index is 1.66. The highest BCUT2D eigenvalue weighted by Crippen LogP contribution is 2.29. The van der Waals surface area contributed by atoms with Crippen molar-refractivity contribution < 1.29 is 24.3 Å². The predicted molar refractivity (Wildman–Crippen MR) is 156 cm³/mol.